The molecule has 8 heteroatoms. The van der Waals surface area contributed by atoms with E-state index in [1.54, 1.807) is 0 Å². The first-order chi connectivity index (χ1) is 11.6. The van der Waals surface area contributed by atoms with Gasteiger partial charge in [-0.3, -0.25) is 10.1 Å². The Hall–Kier alpha value is -1.67. The van der Waals surface area contributed by atoms with E-state index in [2.05, 4.69) is 27.5 Å². The molecule has 0 aromatic carbocycles. The fourth-order valence-electron chi connectivity index (χ4n) is 2.91. The van der Waals surface area contributed by atoms with Crippen molar-refractivity contribution in [2.45, 2.75) is 43.7 Å². The molecule has 2 aromatic heterocycles. The number of fused-ring (bicyclic) bond motifs is 1. The van der Waals surface area contributed by atoms with E-state index in [-0.39, 0.29) is 17.7 Å². The second-order valence-electron chi connectivity index (χ2n) is 6.00. The van der Waals surface area contributed by atoms with Gasteiger partial charge in [0.2, 0.25) is 5.91 Å². The second kappa shape index (κ2) is 7.94. The van der Waals surface area contributed by atoms with Gasteiger partial charge in [0.15, 0.2) is 0 Å². The number of urea groups is 1. The normalized spacial score (nSPS) is 20.7. The predicted molar refractivity (Wildman–Crippen MR) is 96.2 cm³/mol. The fraction of sp³-hybridized carbons (Fsp3) is 0.500. The van der Waals surface area contributed by atoms with Gasteiger partial charge < -0.3 is 5.32 Å². The Balaban J connectivity index is 1.48. The van der Waals surface area contributed by atoms with Crippen LogP contribution < -0.4 is 10.6 Å². The zero-order chi connectivity index (χ0) is 16.9. The first-order valence-electron chi connectivity index (χ1n) is 8.05. The van der Waals surface area contributed by atoms with Gasteiger partial charge >= 0.3 is 6.03 Å². The standard InChI is InChI=1S/C16H20N4O2S2/c1-10-4-2-3-5-12(10)19-16(22)20-13(21)8-24-15-11-6-7-23-14(11)17-9-18-15/h6-7,9-10,12H,2-5,8H2,1H3,(H2,19,20,21,22). The van der Waals surface area contributed by atoms with Gasteiger partial charge in [-0.1, -0.05) is 31.5 Å². The zero-order valence-electron chi connectivity index (χ0n) is 13.4. The van der Waals surface area contributed by atoms with Crippen LogP contribution in [-0.4, -0.2) is 33.7 Å². The highest BCUT2D eigenvalue weighted by Crippen LogP contribution is 2.27. The largest absolute Gasteiger partial charge is 0.335 e. The third-order valence-corrected chi connectivity index (χ3v) is 6.07. The number of rotatable bonds is 4. The number of nitrogens with one attached hydrogen (secondary N) is 2. The smallest absolute Gasteiger partial charge is 0.321 e. The molecule has 0 saturated heterocycles. The number of hydrogen-bond acceptors (Lipinski definition) is 6. The molecule has 2 atom stereocenters. The van der Waals surface area contributed by atoms with E-state index in [0.717, 1.165) is 34.5 Å². The molecule has 128 valence electrons. The molecule has 2 N–H and O–H groups in total. The van der Waals surface area contributed by atoms with Crippen LogP contribution in [0.2, 0.25) is 0 Å². The lowest BCUT2D eigenvalue weighted by atomic mass is 9.86. The van der Waals surface area contributed by atoms with E-state index in [4.69, 9.17) is 0 Å². The van der Waals surface area contributed by atoms with Crippen molar-refractivity contribution in [2.24, 2.45) is 5.92 Å². The number of carbonyl (C=O) groups is 2. The lowest BCUT2D eigenvalue weighted by Gasteiger charge is -2.29. The number of thioether (sulfide) groups is 1. The van der Waals surface area contributed by atoms with E-state index >= 15 is 0 Å². The Bertz CT molecular complexity index is 734. The summed E-state index contributed by atoms with van der Waals surface area (Å²) in [6.07, 6.45) is 5.94. The predicted octanol–water partition coefficient (Wildman–Crippen LogP) is 3.19. The van der Waals surface area contributed by atoms with Crippen LogP contribution in [0, 0.1) is 5.92 Å². The summed E-state index contributed by atoms with van der Waals surface area (Å²) >= 11 is 2.85. The average Bonchev–Trinajstić information content (AvgIpc) is 3.04. The highest BCUT2D eigenvalue weighted by atomic mass is 32.2. The Kier molecular flexibility index (Phi) is 5.68. The van der Waals surface area contributed by atoms with Crippen molar-refractivity contribution < 1.29 is 9.59 Å². The Morgan fingerprint density at radius 2 is 2.17 bits per heavy atom. The number of nitrogens with zero attached hydrogens (tertiary/aromatic N) is 2. The molecule has 2 unspecified atom stereocenters. The molecule has 24 heavy (non-hydrogen) atoms. The van der Waals surface area contributed by atoms with Crippen LogP contribution in [0.25, 0.3) is 10.2 Å². The summed E-state index contributed by atoms with van der Waals surface area (Å²) in [4.78, 5) is 33.3. The van der Waals surface area contributed by atoms with Crippen molar-refractivity contribution in [3.63, 3.8) is 0 Å². The van der Waals surface area contributed by atoms with Gasteiger partial charge in [0.1, 0.15) is 16.2 Å². The quantitative estimate of drug-likeness (QED) is 0.643. The van der Waals surface area contributed by atoms with E-state index in [9.17, 15) is 9.59 Å². The Morgan fingerprint density at radius 1 is 1.33 bits per heavy atom. The first kappa shape index (κ1) is 17.2. The SMILES string of the molecule is CC1CCCCC1NC(=O)NC(=O)CSc1ncnc2sccc12. The molecule has 0 aliphatic heterocycles. The maximum atomic E-state index is 12.0. The molecule has 1 saturated carbocycles. The summed E-state index contributed by atoms with van der Waals surface area (Å²) in [5, 5.41) is 8.98. The minimum Gasteiger partial charge on any atom is -0.335 e. The van der Waals surface area contributed by atoms with Gasteiger partial charge in [0, 0.05) is 11.4 Å². The van der Waals surface area contributed by atoms with Gasteiger partial charge in [-0.15, -0.1) is 11.3 Å². The number of carbonyl (C=O) groups excluding carboxylic acids is 2. The summed E-state index contributed by atoms with van der Waals surface area (Å²) in [7, 11) is 0. The van der Waals surface area contributed by atoms with Gasteiger partial charge in [-0.25, -0.2) is 14.8 Å². The zero-order valence-corrected chi connectivity index (χ0v) is 15.1. The van der Waals surface area contributed by atoms with E-state index in [0.29, 0.717) is 5.92 Å². The summed E-state index contributed by atoms with van der Waals surface area (Å²) < 4.78 is 0. The lowest BCUT2D eigenvalue weighted by molar-refractivity contribution is -0.117. The summed E-state index contributed by atoms with van der Waals surface area (Å²) in [5.74, 6) is 0.292. The Labute approximate surface area is 148 Å². The van der Waals surface area contributed by atoms with Crippen molar-refractivity contribution in [3.05, 3.63) is 17.8 Å². The molecular formula is C16H20N4O2S2. The van der Waals surface area contributed by atoms with Gasteiger partial charge in [0.25, 0.3) is 0 Å². The van der Waals surface area contributed by atoms with E-state index in [1.807, 2.05) is 11.4 Å². The van der Waals surface area contributed by atoms with Crippen LogP contribution in [-0.2, 0) is 4.79 Å². The van der Waals surface area contributed by atoms with Crippen molar-refractivity contribution in [1.82, 2.24) is 20.6 Å². The van der Waals surface area contributed by atoms with Gasteiger partial charge in [-0.05, 0) is 30.2 Å². The number of thiophene rings is 1. The minimum absolute atomic E-state index is 0.148. The third-order valence-electron chi connectivity index (χ3n) is 4.25. The molecule has 0 bridgehead atoms. The Morgan fingerprint density at radius 3 is 3.00 bits per heavy atom. The number of hydrogen-bond donors (Lipinski definition) is 2. The minimum atomic E-state index is -0.400. The molecule has 1 fully saturated rings. The molecule has 0 radical (unpaired) electrons. The van der Waals surface area contributed by atoms with E-state index < -0.39 is 6.03 Å². The molecule has 2 heterocycles. The first-order valence-corrected chi connectivity index (χ1v) is 9.91. The van der Waals surface area contributed by atoms with Crippen molar-refractivity contribution in [1.29, 1.82) is 0 Å². The van der Waals surface area contributed by atoms with Crippen molar-refractivity contribution in [2.75, 3.05) is 5.75 Å². The maximum absolute atomic E-state index is 12.0. The maximum Gasteiger partial charge on any atom is 0.321 e. The molecular weight excluding hydrogens is 344 g/mol. The van der Waals surface area contributed by atoms with Crippen LogP contribution in [0.4, 0.5) is 4.79 Å². The molecule has 0 spiro atoms. The molecule has 2 aromatic rings. The third kappa shape index (κ3) is 4.24. The monoisotopic (exact) mass is 364 g/mol. The summed E-state index contributed by atoms with van der Waals surface area (Å²) in [6, 6.07) is 1.70. The fourth-order valence-corrected chi connectivity index (χ4v) is 4.49. The molecule has 6 nitrogen and oxygen atoms in total. The summed E-state index contributed by atoms with van der Waals surface area (Å²) in [6.45, 7) is 2.14. The number of aromatic nitrogens is 2. The molecule has 3 amide bonds. The summed E-state index contributed by atoms with van der Waals surface area (Å²) in [5.41, 5.74) is 0. The molecule has 1 aliphatic carbocycles. The number of amides is 3. The topological polar surface area (TPSA) is 84.0 Å². The van der Waals surface area contributed by atoms with Crippen molar-refractivity contribution >= 4 is 45.3 Å². The van der Waals surface area contributed by atoms with Gasteiger partial charge in [-0.2, -0.15) is 0 Å². The lowest BCUT2D eigenvalue weighted by Crippen LogP contribution is -2.48. The van der Waals surface area contributed by atoms with Crippen LogP contribution in [0.15, 0.2) is 22.8 Å². The van der Waals surface area contributed by atoms with Crippen LogP contribution in [0.3, 0.4) is 0 Å². The molecule has 1 aliphatic rings. The van der Waals surface area contributed by atoms with Crippen molar-refractivity contribution in [3.8, 4) is 0 Å². The average molecular weight is 364 g/mol. The van der Waals surface area contributed by atoms with Crippen LogP contribution in [0.5, 0.6) is 0 Å². The second-order valence-corrected chi connectivity index (χ2v) is 7.86. The highest BCUT2D eigenvalue weighted by Gasteiger charge is 2.23. The number of imide groups is 1. The van der Waals surface area contributed by atoms with Crippen LogP contribution in [0.1, 0.15) is 32.6 Å². The molecule has 3 rings (SSSR count). The van der Waals surface area contributed by atoms with E-state index in [1.165, 1.54) is 35.8 Å². The van der Waals surface area contributed by atoms with Crippen LogP contribution >= 0.6 is 23.1 Å². The highest BCUT2D eigenvalue weighted by molar-refractivity contribution is 8.00. The van der Waals surface area contributed by atoms with Gasteiger partial charge in [0.05, 0.1) is 5.75 Å².